The van der Waals surface area contributed by atoms with E-state index in [1.54, 1.807) is 24.9 Å². The zero-order valence-electron chi connectivity index (χ0n) is 13.6. The molecule has 1 heterocycles. The van der Waals surface area contributed by atoms with E-state index < -0.39 is 0 Å². The normalized spacial score (nSPS) is 10.9. The van der Waals surface area contributed by atoms with Gasteiger partial charge >= 0.3 is 0 Å². The third kappa shape index (κ3) is 3.16. The Bertz CT molecular complexity index is 908. The number of thioether (sulfide) groups is 1. The first-order valence-corrected chi connectivity index (χ1v) is 8.51. The van der Waals surface area contributed by atoms with Gasteiger partial charge in [-0.2, -0.15) is 0 Å². The van der Waals surface area contributed by atoms with Gasteiger partial charge in [0.1, 0.15) is 5.75 Å². The highest BCUT2D eigenvalue weighted by Crippen LogP contribution is 2.26. The molecular weight excluding hydrogens is 324 g/mol. The van der Waals surface area contributed by atoms with Crippen LogP contribution in [-0.2, 0) is 4.74 Å². The van der Waals surface area contributed by atoms with E-state index in [0.717, 1.165) is 0 Å². The van der Waals surface area contributed by atoms with Crippen LogP contribution in [0.2, 0.25) is 0 Å². The van der Waals surface area contributed by atoms with Crippen LogP contribution in [0.15, 0.2) is 58.5 Å². The monoisotopic (exact) mass is 342 g/mol. The van der Waals surface area contributed by atoms with Crippen LogP contribution in [0.3, 0.4) is 0 Å². The molecule has 0 spiro atoms. The van der Waals surface area contributed by atoms with Gasteiger partial charge in [-0.15, -0.1) is 0 Å². The minimum atomic E-state index is -0.106. The van der Waals surface area contributed by atoms with E-state index in [9.17, 15) is 4.79 Å². The van der Waals surface area contributed by atoms with Gasteiger partial charge in [0.2, 0.25) is 0 Å². The number of hydrogen-bond donors (Lipinski definition) is 0. The van der Waals surface area contributed by atoms with Crippen molar-refractivity contribution in [3.05, 3.63) is 58.9 Å². The van der Waals surface area contributed by atoms with Crippen molar-refractivity contribution in [3.63, 3.8) is 0 Å². The SMILES string of the molecule is COCCSc1nc2ccccc2c(=O)n1-c1ccccc1OC. The third-order valence-electron chi connectivity index (χ3n) is 3.59. The van der Waals surface area contributed by atoms with E-state index in [1.807, 2.05) is 42.5 Å². The summed E-state index contributed by atoms with van der Waals surface area (Å²) in [6.07, 6.45) is 0. The topological polar surface area (TPSA) is 53.3 Å². The van der Waals surface area contributed by atoms with Crippen LogP contribution < -0.4 is 10.3 Å². The van der Waals surface area contributed by atoms with Gasteiger partial charge in [-0.3, -0.25) is 9.36 Å². The Hall–Kier alpha value is -2.31. The predicted octanol–water partition coefficient (Wildman–Crippen LogP) is 3.13. The number of fused-ring (bicyclic) bond motifs is 1. The second kappa shape index (κ2) is 7.51. The van der Waals surface area contributed by atoms with Crippen LogP contribution in [-0.4, -0.2) is 36.1 Å². The lowest BCUT2D eigenvalue weighted by Crippen LogP contribution is -2.22. The zero-order chi connectivity index (χ0) is 16.9. The molecule has 24 heavy (non-hydrogen) atoms. The largest absolute Gasteiger partial charge is 0.495 e. The van der Waals surface area contributed by atoms with E-state index in [-0.39, 0.29) is 5.56 Å². The fourth-order valence-electron chi connectivity index (χ4n) is 2.45. The highest BCUT2D eigenvalue weighted by atomic mass is 32.2. The molecule has 0 aliphatic carbocycles. The number of benzene rings is 2. The molecule has 1 aromatic heterocycles. The predicted molar refractivity (Wildman–Crippen MR) is 96.5 cm³/mol. The summed E-state index contributed by atoms with van der Waals surface area (Å²) >= 11 is 1.49. The Balaban J connectivity index is 2.25. The van der Waals surface area contributed by atoms with Gasteiger partial charge in [0.15, 0.2) is 5.16 Å². The maximum Gasteiger partial charge on any atom is 0.266 e. The van der Waals surface area contributed by atoms with Gasteiger partial charge in [0.25, 0.3) is 5.56 Å². The molecule has 0 atom stereocenters. The molecule has 124 valence electrons. The van der Waals surface area contributed by atoms with Gasteiger partial charge in [-0.25, -0.2) is 4.98 Å². The molecule has 2 aromatic carbocycles. The second-order valence-corrected chi connectivity index (χ2v) is 6.13. The number of nitrogens with zero attached hydrogens (tertiary/aromatic N) is 2. The molecule has 0 radical (unpaired) electrons. The van der Waals surface area contributed by atoms with Crippen LogP contribution in [0, 0.1) is 0 Å². The molecule has 5 nitrogen and oxygen atoms in total. The van der Waals surface area contributed by atoms with Crippen LogP contribution in [0.25, 0.3) is 16.6 Å². The molecule has 0 aliphatic heterocycles. The summed E-state index contributed by atoms with van der Waals surface area (Å²) in [5, 5.41) is 1.21. The highest BCUT2D eigenvalue weighted by Gasteiger charge is 2.15. The summed E-state index contributed by atoms with van der Waals surface area (Å²) < 4.78 is 12.1. The lowest BCUT2D eigenvalue weighted by molar-refractivity contribution is 0.218. The summed E-state index contributed by atoms with van der Waals surface area (Å²) in [6, 6.07) is 14.8. The lowest BCUT2D eigenvalue weighted by atomic mass is 10.2. The van der Waals surface area contributed by atoms with Crippen molar-refractivity contribution in [1.29, 1.82) is 0 Å². The molecule has 0 unspecified atom stereocenters. The molecule has 0 bridgehead atoms. The maximum atomic E-state index is 13.1. The number of para-hydroxylation sites is 3. The first kappa shape index (κ1) is 16.5. The molecule has 3 rings (SSSR count). The fourth-order valence-corrected chi connectivity index (χ4v) is 3.36. The van der Waals surface area contributed by atoms with Crippen LogP contribution >= 0.6 is 11.8 Å². The fraction of sp³-hybridized carbons (Fsp3) is 0.222. The summed E-state index contributed by atoms with van der Waals surface area (Å²) in [4.78, 5) is 17.7. The number of rotatable bonds is 6. The molecule has 0 aliphatic rings. The average molecular weight is 342 g/mol. The second-order valence-electron chi connectivity index (χ2n) is 5.07. The van der Waals surface area contributed by atoms with Crippen molar-refractivity contribution in [2.75, 3.05) is 26.6 Å². The summed E-state index contributed by atoms with van der Waals surface area (Å²) in [5.41, 5.74) is 1.27. The third-order valence-corrected chi connectivity index (χ3v) is 4.49. The summed E-state index contributed by atoms with van der Waals surface area (Å²) in [6.45, 7) is 0.583. The van der Waals surface area contributed by atoms with E-state index in [4.69, 9.17) is 9.47 Å². The number of ether oxygens (including phenoxy) is 2. The van der Waals surface area contributed by atoms with Crippen LogP contribution in [0.5, 0.6) is 5.75 Å². The van der Waals surface area contributed by atoms with Crippen molar-refractivity contribution in [2.45, 2.75) is 5.16 Å². The smallest absolute Gasteiger partial charge is 0.266 e. The molecule has 0 saturated heterocycles. The van der Waals surface area contributed by atoms with Crippen molar-refractivity contribution in [2.24, 2.45) is 0 Å². The molecule has 0 amide bonds. The molecule has 0 saturated carbocycles. The molecule has 3 aromatic rings. The Morgan fingerprint density at radius 3 is 2.62 bits per heavy atom. The standard InChI is InChI=1S/C18H18N2O3S/c1-22-11-12-24-18-19-14-8-4-3-7-13(14)17(21)20(18)15-9-5-6-10-16(15)23-2/h3-10H,11-12H2,1-2H3. The van der Waals surface area contributed by atoms with Gasteiger partial charge in [0, 0.05) is 12.9 Å². The Morgan fingerprint density at radius 1 is 1.08 bits per heavy atom. The van der Waals surface area contributed by atoms with E-state index in [2.05, 4.69) is 4.98 Å². The first-order valence-electron chi connectivity index (χ1n) is 7.53. The van der Waals surface area contributed by atoms with Crippen molar-refractivity contribution in [1.82, 2.24) is 9.55 Å². The summed E-state index contributed by atoms with van der Waals surface area (Å²) in [7, 11) is 3.25. The van der Waals surface area contributed by atoms with Gasteiger partial charge < -0.3 is 9.47 Å². The highest BCUT2D eigenvalue weighted by molar-refractivity contribution is 7.99. The van der Waals surface area contributed by atoms with Gasteiger partial charge in [0.05, 0.1) is 30.3 Å². The number of aromatic nitrogens is 2. The van der Waals surface area contributed by atoms with E-state index in [1.165, 1.54) is 11.8 Å². The Labute approximate surface area is 144 Å². The lowest BCUT2D eigenvalue weighted by Gasteiger charge is -2.15. The number of methoxy groups -OCH3 is 2. The molecule has 0 fully saturated rings. The molecule has 0 N–H and O–H groups in total. The zero-order valence-corrected chi connectivity index (χ0v) is 14.4. The quantitative estimate of drug-likeness (QED) is 0.391. The molecule has 6 heteroatoms. The van der Waals surface area contributed by atoms with Crippen LogP contribution in [0.1, 0.15) is 0 Å². The van der Waals surface area contributed by atoms with Crippen molar-refractivity contribution >= 4 is 22.7 Å². The minimum absolute atomic E-state index is 0.106. The van der Waals surface area contributed by atoms with Crippen molar-refractivity contribution in [3.8, 4) is 11.4 Å². The van der Waals surface area contributed by atoms with Crippen molar-refractivity contribution < 1.29 is 9.47 Å². The first-order chi connectivity index (χ1) is 11.8. The van der Waals surface area contributed by atoms with Gasteiger partial charge in [-0.1, -0.05) is 36.0 Å². The summed E-state index contributed by atoms with van der Waals surface area (Å²) in [5.74, 6) is 1.33. The van der Waals surface area contributed by atoms with Crippen LogP contribution in [0.4, 0.5) is 0 Å². The minimum Gasteiger partial charge on any atom is -0.495 e. The maximum absolute atomic E-state index is 13.1. The average Bonchev–Trinajstić information content (AvgIpc) is 2.62. The Kier molecular flexibility index (Phi) is 5.17. The number of hydrogen-bond acceptors (Lipinski definition) is 5. The van der Waals surface area contributed by atoms with E-state index >= 15 is 0 Å². The Morgan fingerprint density at radius 2 is 1.83 bits per heavy atom. The van der Waals surface area contributed by atoms with E-state index in [0.29, 0.717) is 39.9 Å². The molecular formula is C18H18N2O3S. The van der Waals surface area contributed by atoms with Gasteiger partial charge in [-0.05, 0) is 24.3 Å².